The molecule has 1 spiro atoms. The fourth-order valence-electron chi connectivity index (χ4n) is 7.41. The molecule has 124 valence electrons. The number of rotatable bonds is 1. The van der Waals surface area contributed by atoms with Gasteiger partial charge in [0.25, 0.3) is 0 Å². The van der Waals surface area contributed by atoms with Gasteiger partial charge in [-0.2, -0.15) is 0 Å². The molecular weight excluding hydrogens is 276 g/mol. The van der Waals surface area contributed by atoms with E-state index in [0.29, 0.717) is 24.0 Å². The van der Waals surface area contributed by atoms with Crippen LogP contribution in [0.15, 0.2) is 0 Å². The molecule has 2 bridgehead atoms. The second-order valence-corrected chi connectivity index (χ2v) is 9.38. The standard InChI is InChI=1S/C19H30O3/c1-17(11-20)6-3-7-18(2)14-5-4-12-9-19(14,10-13(12)21)16(22)8-15(17)18/h12,14-16,20,22H,3-11H2,1-2H3. The van der Waals surface area contributed by atoms with Crippen LogP contribution in [0.5, 0.6) is 0 Å². The second kappa shape index (κ2) is 4.57. The molecule has 0 radical (unpaired) electrons. The van der Waals surface area contributed by atoms with Gasteiger partial charge in [0.05, 0.1) is 6.10 Å². The van der Waals surface area contributed by atoms with Crippen LogP contribution in [0.25, 0.3) is 0 Å². The summed E-state index contributed by atoms with van der Waals surface area (Å²) in [4.78, 5) is 12.3. The maximum Gasteiger partial charge on any atom is 0.136 e. The van der Waals surface area contributed by atoms with Gasteiger partial charge in [0.1, 0.15) is 5.78 Å². The zero-order chi connectivity index (χ0) is 15.8. The normalized spacial score (nSPS) is 57.4. The van der Waals surface area contributed by atoms with Crippen molar-refractivity contribution in [1.29, 1.82) is 0 Å². The topological polar surface area (TPSA) is 57.5 Å². The average Bonchev–Trinajstić information content (AvgIpc) is 2.73. The summed E-state index contributed by atoms with van der Waals surface area (Å²) < 4.78 is 0. The number of Topliss-reactive ketones (excluding diaryl/α,β-unsaturated/α-hetero) is 1. The molecule has 4 aliphatic carbocycles. The summed E-state index contributed by atoms with van der Waals surface area (Å²) in [5.74, 6) is 1.47. The van der Waals surface area contributed by atoms with E-state index in [1.165, 1.54) is 12.8 Å². The van der Waals surface area contributed by atoms with Crippen molar-refractivity contribution in [3.05, 3.63) is 0 Å². The highest BCUT2D eigenvalue weighted by Crippen LogP contribution is 2.70. The number of carbonyl (C=O) groups is 1. The summed E-state index contributed by atoms with van der Waals surface area (Å²) in [5.41, 5.74) is -0.0153. The first-order valence-electron chi connectivity index (χ1n) is 9.17. The third-order valence-corrected chi connectivity index (χ3v) is 8.46. The summed E-state index contributed by atoms with van der Waals surface area (Å²) in [6.45, 7) is 4.85. The molecule has 4 fully saturated rings. The lowest BCUT2D eigenvalue weighted by Gasteiger charge is -2.65. The lowest BCUT2D eigenvalue weighted by molar-refractivity contribution is -0.205. The van der Waals surface area contributed by atoms with Gasteiger partial charge in [-0.1, -0.05) is 20.3 Å². The molecule has 0 saturated heterocycles. The smallest absolute Gasteiger partial charge is 0.136 e. The van der Waals surface area contributed by atoms with Crippen molar-refractivity contribution in [2.75, 3.05) is 6.61 Å². The summed E-state index contributed by atoms with van der Waals surface area (Å²) in [6, 6.07) is 0. The molecule has 7 atom stereocenters. The molecule has 4 aliphatic rings. The Labute approximate surface area is 133 Å². The quantitative estimate of drug-likeness (QED) is 0.783. The predicted octanol–water partition coefficient (Wildman–Crippen LogP) is 2.93. The van der Waals surface area contributed by atoms with Crippen LogP contribution in [0.4, 0.5) is 0 Å². The average molecular weight is 306 g/mol. The van der Waals surface area contributed by atoms with E-state index >= 15 is 0 Å². The molecule has 4 rings (SSSR count). The van der Waals surface area contributed by atoms with Gasteiger partial charge < -0.3 is 10.2 Å². The minimum absolute atomic E-state index is 0.0605. The van der Waals surface area contributed by atoms with Gasteiger partial charge in [0, 0.05) is 24.4 Å². The maximum atomic E-state index is 12.3. The third-order valence-electron chi connectivity index (χ3n) is 8.46. The van der Waals surface area contributed by atoms with Crippen molar-refractivity contribution in [3.8, 4) is 0 Å². The molecule has 2 N–H and O–H groups in total. The van der Waals surface area contributed by atoms with E-state index in [1.807, 2.05) is 0 Å². The van der Waals surface area contributed by atoms with E-state index < -0.39 is 0 Å². The number of aliphatic hydroxyl groups excluding tert-OH is 2. The molecule has 3 nitrogen and oxygen atoms in total. The molecule has 0 aromatic rings. The fourth-order valence-corrected chi connectivity index (χ4v) is 7.41. The minimum Gasteiger partial charge on any atom is -0.396 e. The van der Waals surface area contributed by atoms with Gasteiger partial charge in [0.2, 0.25) is 0 Å². The minimum atomic E-state index is -0.353. The second-order valence-electron chi connectivity index (χ2n) is 9.38. The van der Waals surface area contributed by atoms with E-state index in [-0.39, 0.29) is 34.9 Å². The van der Waals surface area contributed by atoms with Crippen molar-refractivity contribution in [2.45, 2.75) is 71.3 Å². The van der Waals surface area contributed by atoms with Crippen molar-refractivity contribution >= 4 is 5.78 Å². The summed E-state index contributed by atoms with van der Waals surface area (Å²) in [7, 11) is 0. The molecule has 0 heterocycles. The lowest BCUT2D eigenvalue weighted by atomic mass is 9.40. The Hall–Kier alpha value is -0.410. The van der Waals surface area contributed by atoms with Crippen LogP contribution >= 0.6 is 0 Å². The highest BCUT2D eigenvalue weighted by Gasteiger charge is 2.67. The molecule has 3 heteroatoms. The Kier molecular flexibility index (Phi) is 3.14. The third kappa shape index (κ3) is 1.67. The molecule has 0 aromatic heterocycles. The summed E-state index contributed by atoms with van der Waals surface area (Å²) >= 11 is 0. The van der Waals surface area contributed by atoms with Gasteiger partial charge in [-0.15, -0.1) is 0 Å². The van der Waals surface area contributed by atoms with E-state index in [4.69, 9.17) is 0 Å². The van der Waals surface area contributed by atoms with Crippen LogP contribution in [-0.4, -0.2) is 28.7 Å². The predicted molar refractivity (Wildman–Crippen MR) is 84.2 cm³/mol. The van der Waals surface area contributed by atoms with Crippen molar-refractivity contribution in [3.63, 3.8) is 0 Å². The van der Waals surface area contributed by atoms with Gasteiger partial charge in [-0.05, 0) is 61.2 Å². The first-order valence-corrected chi connectivity index (χ1v) is 9.17. The highest BCUT2D eigenvalue weighted by atomic mass is 16.3. The molecule has 7 unspecified atom stereocenters. The van der Waals surface area contributed by atoms with Crippen molar-refractivity contribution in [1.82, 2.24) is 0 Å². The van der Waals surface area contributed by atoms with E-state index in [9.17, 15) is 15.0 Å². The Balaban J connectivity index is 1.78. The number of aliphatic hydroxyl groups is 2. The van der Waals surface area contributed by atoms with E-state index in [2.05, 4.69) is 13.8 Å². The monoisotopic (exact) mass is 306 g/mol. The maximum absolute atomic E-state index is 12.3. The molecule has 4 saturated carbocycles. The zero-order valence-electron chi connectivity index (χ0n) is 14.0. The molecule has 0 amide bonds. The van der Waals surface area contributed by atoms with E-state index in [0.717, 1.165) is 32.1 Å². The Morgan fingerprint density at radius 3 is 2.68 bits per heavy atom. The number of hydrogen-bond acceptors (Lipinski definition) is 3. The van der Waals surface area contributed by atoms with Crippen LogP contribution in [0, 0.1) is 34.0 Å². The van der Waals surface area contributed by atoms with Crippen LogP contribution in [0.2, 0.25) is 0 Å². The van der Waals surface area contributed by atoms with Crippen LogP contribution in [0.1, 0.15) is 65.2 Å². The highest BCUT2D eigenvalue weighted by molar-refractivity contribution is 5.84. The fraction of sp³-hybridized carbons (Fsp3) is 0.947. The van der Waals surface area contributed by atoms with Gasteiger partial charge in [-0.25, -0.2) is 0 Å². The van der Waals surface area contributed by atoms with Gasteiger partial charge in [0.15, 0.2) is 0 Å². The SMILES string of the molecule is CC1(CO)CCCC2(C)C1CC(O)C13CC(=O)C(CCC21)C3. The number of fused-ring (bicyclic) bond motifs is 3. The van der Waals surface area contributed by atoms with Crippen molar-refractivity contribution < 1.29 is 15.0 Å². The largest absolute Gasteiger partial charge is 0.396 e. The first-order chi connectivity index (χ1) is 10.4. The van der Waals surface area contributed by atoms with Crippen molar-refractivity contribution in [2.24, 2.45) is 34.0 Å². The lowest BCUT2D eigenvalue weighted by Crippen LogP contribution is -2.62. The number of hydrogen-bond donors (Lipinski definition) is 2. The summed E-state index contributed by atoms with van der Waals surface area (Å²) in [5, 5.41) is 21.1. The zero-order valence-corrected chi connectivity index (χ0v) is 14.0. The van der Waals surface area contributed by atoms with Crippen LogP contribution in [0.3, 0.4) is 0 Å². The summed E-state index contributed by atoms with van der Waals surface area (Å²) in [6.07, 6.45) is 7.53. The van der Waals surface area contributed by atoms with E-state index in [1.54, 1.807) is 0 Å². The molecule has 0 aliphatic heterocycles. The molecule has 22 heavy (non-hydrogen) atoms. The molecule has 0 aromatic carbocycles. The Morgan fingerprint density at radius 2 is 1.95 bits per heavy atom. The van der Waals surface area contributed by atoms with Gasteiger partial charge >= 0.3 is 0 Å². The Morgan fingerprint density at radius 1 is 1.18 bits per heavy atom. The molecular formula is C19H30O3. The van der Waals surface area contributed by atoms with Crippen LogP contribution in [-0.2, 0) is 4.79 Å². The first kappa shape index (κ1) is 15.1. The Bertz CT molecular complexity index is 503. The number of carbonyl (C=O) groups excluding carboxylic acids is 1. The number of ketones is 1. The van der Waals surface area contributed by atoms with Gasteiger partial charge in [-0.3, -0.25) is 4.79 Å². The van der Waals surface area contributed by atoms with Crippen LogP contribution < -0.4 is 0 Å².